The Kier molecular flexibility index (Phi) is 52.7. The zero-order valence-corrected chi connectivity index (χ0v) is 52.0. The SMILES string of the molecule is CNN=O.CNN=O.CNN=O.CO/C(O)=C(\CO)c1ccccc1.COC(O)=C(CO)c1ccccc1.COC(OC)=C(CO)c1ccccc1.COc1cccc(/C(CO)=N/O)c1.COc1cccc(/C(CO)=N\O)c1.COc1cccc(C(CO)=NO)c1. The molecule has 6 aromatic carbocycles. The van der Waals surface area contributed by atoms with E-state index in [0.717, 1.165) is 16.7 Å². The smallest absolute Gasteiger partial charge is 0.284 e. The number of methoxy groups -OCH3 is 7. The van der Waals surface area contributed by atoms with Crippen molar-refractivity contribution in [3.05, 3.63) is 230 Å². The summed E-state index contributed by atoms with van der Waals surface area (Å²) in [6.45, 7) is -1.51. The second-order valence-corrected chi connectivity index (χ2v) is 16.0. The first-order chi connectivity index (χ1) is 44.1. The average molecular weight is 1280 g/mol. The van der Waals surface area contributed by atoms with E-state index in [1.807, 2.05) is 83.0 Å². The number of nitrogens with one attached hydrogen (secondary N) is 3. The number of rotatable bonds is 22. The molecule has 0 bridgehead atoms. The van der Waals surface area contributed by atoms with Crippen LogP contribution in [0.5, 0.6) is 17.2 Å². The predicted octanol–water partition coefficient (Wildman–Crippen LogP) is 7.00. The summed E-state index contributed by atoms with van der Waals surface area (Å²) >= 11 is 0. The summed E-state index contributed by atoms with van der Waals surface area (Å²) in [6, 6.07) is 48.5. The Morgan fingerprint density at radius 2 is 0.571 bits per heavy atom. The highest BCUT2D eigenvalue weighted by molar-refractivity contribution is 6.02. The summed E-state index contributed by atoms with van der Waals surface area (Å²) in [5.74, 6) is 1.84. The number of oxime groups is 3. The number of aliphatic hydroxyl groups is 8. The van der Waals surface area contributed by atoms with Gasteiger partial charge in [-0.05, 0) is 53.1 Å². The van der Waals surface area contributed by atoms with E-state index < -0.39 is 0 Å². The fourth-order valence-electron chi connectivity index (χ4n) is 6.28. The normalized spacial score (nSPS) is 10.5. The number of hydrogen-bond donors (Lipinski definition) is 14. The summed E-state index contributed by atoms with van der Waals surface area (Å²) in [5.41, 5.74) is 12.4. The molecule has 0 aliphatic rings. The van der Waals surface area contributed by atoms with Crippen LogP contribution in [0.15, 0.2) is 213 Å². The summed E-state index contributed by atoms with van der Waals surface area (Å²) in [4.78, 5) is 26.4. The minimum atomic E-state index is -0.302. The molecule has 0 heterocycles. The molecular formula is C61H83N9O21. The van der Waals surface area contributed by atoms with Crippen molar-refractivity contribution in [1.29, 1.82) is 0 Å². The molecule has 0 saturated carbocycles. The molecule has 0 radical (unpaired) electrons. The van der Waals surface area contributed by atoms with Crippen LogP contribution in [-0.4, -0.2) is 184 Å². The van der Waals surface area contributed by atoms with E-state index in [1.165, 1.54) is 49.6 Å². The van der Waals surface area contributed by atoms with Crippen molar-refractivity contribution in [2.24, 2.45) is 31.3 Å². The molecule has 498 valence electrons. The van der Waals surface area contributed by atoms with Crippen LogP contribution in [0.25, 0.3) is 16.7 Å². The standard InChI is InChI=1S/C11H14O3.2C10H12O3.3C9H11NO3.3CH4N2O/c1-13-11(14-2)10(8-12)9-6-4-3-5-7-9;2*1-13-10(12)9(7-11)8-5-3-2-4-6-8;3*1-13-8-4-2-3-7(5-8)9(6-11)10-12;3*1-2-3-4/h3-7,12H,8H2,1-2H3;2*2-6,11-12H,7H2,1H3;3*2-5,11-12H,6H2,1H3;3*1H3,(H,2,4)/b;10-9+;;10-9+;10-9-;;;;. The minimum absolute atomic E-state index is 0.110. The highest BCUT2D eigenvalue weighted by atomic mass is 16.7. The van der Waals surface area contributed by atoms with Gasteiger partial charge in [0.15, 0.2) is 0 Å². The lowest BCUT2D eigenvalue weighted by Crippen LogP contribution is -2.06. The zero-order chi connectivity index (χ0) is 69.0. The van der Waals surface area contributed by atoms with Gasteiger partial charge in [-0.15, -0.1) is 14.7 Å². The van der Waals surface area contributed by atoms with Gasteiger partial charge in [-0.1, -0.05) is 143 Å². The highest BCUT2D eigenvalue weighted by Crippen LogP contribution is 2.21. The maximum atomic E-state index is 9.27. The molecule has 0 atom stereocenters. The second-order valence-electron chi connectivity index (χ2n) is 16.0. The first kappa shape index (κ1) is 84.3. The van der Waals surface area contributed by atoms with Gasteiger partial charge in [0.25, 0.3) is 17.8 Å². The third kappa shape index (κ3) is 36.1. The predicted molar refractivity (Wildman–Crippen MR) is 344 cm³/mol. The molecule has 0 saturated heterocycles. The molecule has 30 nitrogen and oxygen atoms in total. The minimum Gasteiger partial charge on any atom is -0.497 e. The molecule has 0 unspecified atom stereocenters. The van der Waals surface area contributed by atoms with Crippen molar-refractivity contribution < 1.29 is 89.6 Å². The van der Waals surface area contributed by atoms with Crippen LogP contribution in [0.3, 0.4) is 0 Å². The molecule has 91 heavy (non-hydrogen) atoms. The van der Waals surface area contributed by atoms with Gasteiger partial charge in [0, 0.05) is 53.7 Å². The maximum absolute atomic E-state index is 9.27. The van der Waals surface area contributed by atoms with Gasteiger partial charge in [-0.3, -0.25) is 16.3 Å². The lowest BCUT2D eigenvalue weighted by Gasteiger charge is -2.10. The lowest BCUT2D eigenvalue weighted by atomic mass is 10.1. The highest BCUT2D eigenvalue weighted by Gasteiger charge is 2.11. The first-order valence-corrected chi connectivity index (χ1v) is 26.2. The maximum Gasteiger partial charge on any atom is 0.284 e. The van der Waals surface area contributed by atoms with Crippen LogP contribution in [0.1, 0.15) is 33.4 Å². The van der Waals surface area contributed by atoms with E-state index in [1.54, 1.807) is 118 Å². The van der Waals surface area contributed by atoms with Gasteiger partial charge < -0.3 is 89.6 Å². The van der Waals surface area contributed by atoms with Crippen LogP contribution in [0, 0.1) is 14.7 Å². The molecule has 6 aromatic rings. The third-order valence-corrected chi connectivity index (χ3v) is 10.7. The van der Waals surface area contributed by atoms with Crippen molar-refractivity contribution in [1.82, 2.24) is 16.3 Å². The van der Waals surface area contributed by atoms with Gasteiger partial charge in [-0.25, -0.2) is 0 Å². The topological polar surface area (TPSA) is 449 Å². The Labute approximate surface area is 527 Å². The number of nitrogens with zero attached hydrogens (tertiary/aromatic N) is 6. The van der Waals surface area contributed by atoms with Crippen LogP contribution in [0.2, 0.25) is 0 Å². The molecule has 0 aromatic heterocycles. The molecule has 0 aliphatic heterocycles. The Balaban J connectivity index is -0.000000984. The van der Waals surface area contributed by atoms with Crippen molar-refractivity contribution in [3.63, 3.8) is 0 Å². The molecule has 0 aliphatic carbocycles. The third-order valence-electron chi connectivity index (χ3n) is 10.7. The molecular weight excluding hydrogens is 1190 g/mol. The molecule has 6 rings (SSSR count). The van der Waals surface area contributed by atoms with E-state index in [-0.39, 0.29) is 68.7 Å². The van der Waals surface area contributed by atoms with Crippen molar-refractivity contribution in [3.8, 4) is 17.2 Å². The Hall–Kier alpha value is -10.9. The summed E-state index contributed by atoms with van der Waals surface area (Å²) in [5, 5.41) is 113. The second kappa shape index (κ2) is 56.9. The van der Waals surface area contributed by atoms with Crippen LogP contribution >= 0.6 is 0 Å². The van der Waals surface area contributed by atoms with Crippen LogP contribution in [-0.2, 0) is 18.9 Å². The van der Waals surface area contributed by atoms with Crippen molar-refractivity contribution in [2.75, 3.05) is 111 Å². The van der Waals surface area contributed by atoms with E-state index in [9.17, 15) is 15.3 Å². The summed E-state index contributed by atoms with van der Waals surface area (Å²) in [6.07, 6.45) is 0. The van der Waals surface area contributed by atoms with E-state index in [0.29, 0.717) is 56.6 Å². The fourth-order valence-corrected chi connectivity index (χ4v) is 6.28. The fraction of sp³-hybridized carbons (Fsp3) is 0.262. The zero-order valence-electron chi connectivity index (χ0n) is 52.0. The largest absolute Gasteiger partial charge is 0.497 e. The molecule has 14 N–H and O–H groups in total. The summed E-state index contributed by atoms with van der Waals surface area (Å²) < 4.78 is 34.2. The molecule has 0 spiro atoms. The Bertz CT molecular complexity index is 2810. The van der Waals surface area contributed by atoms with Crippen LogP contribution in [0.4, 0.5) is 0 Å². The molecule has 0 amide bonds. The Morgan fingerprint density at radius 1 is 0.341 bits per heavy atom. The quantitative estimate of drug-likeness (QED) is 0.0107. The van der Waals surface area contributed by atoms with Crippen molar-refractivity contribution >= 4 is 33.9 Å². The van der Waals surface area contributed by atoms with Gasteiger partial charge in [0.05, 0.1) is 106 Å². The van der Waals surface area contributed by atoms with Gasteiger partial charge in [-0.2, -0.15) is 0 Å². The number of ether oxygens (including phenoxy) is 7. The van der Waals surface area contributed by atoms with Crippen molar-refractivity contribution in [2.45, 2.75) is 0 Å². The van der Waals surface area contributed by atoms with Gasteiger partial charge >= 0.3 is 0 Å². The Morgan fingerprint density at radius 3 is 0.747 bits per heavy atom. The average Bonchev–Trinajstić information content (AvgIpc) is 3.48. The summed E-state index contributed by atoms with van der Waals surface area (Å²) in [7, 11) is 14.7. The van der Waals surface area contributed by atoms with Gasteiger partial charge in [0.2, 0.25) is 0 Å². The van der Waals surface area contributed by atoms with E-state index in [4.69, 9.17) is 79.6 Å². The molecule has 0 fully saturated rings. The monoisotopic (exact) mass is 1280 g/mol. The van der Waals surface area contributed by atoms with E-state index >= 15 is 0 Å². The molecule has 30 heteroatoms. The number of benzene rings is 6. The first-order valence-electron chi connectivity index (χ1n) is 26.2. The van der Waals surface area contributed by atoms with E-state index in [2.05, 4.69) is 40.8 Å². The number of nitroso groups, excluding NO2 is 3. The number of aliphatic hydroxyl groups excluding tert-OH is 8. The van der Waals surface area contributed by atoms with Crippen LogP contribution < -0.4 is 30.5 Å². The number of hydrogen-bond acceptors (Lipinski definition) is 27. The lowest BCUT2D eigenvalue weighted by molar-refractivity contribution is 0.0955. The van der Waals surface area contributed by atoms with Gasteiger partial charge in [0.1, 0.15) is 34.4 Å².